The highest BCUT2D eigenvalue weighted by molar-refractivity contribution is 6.31. The van der Waals surface area contributed by atoms with Crippen LogP contribution in [0.4, 0.5) is 10.5 Å². The summed E-state index contributed by atoms with van der Waals surface area (Å²) < 4.78 is 0. The van der Waals surface area contributed by atoms with Gasteiger partial charge in [-0.05, 0) is 44.4 Å². The predicted octanol–water partition coefficient (Wildman–Crippen LogP) is 2.26. The Hall–Kier alpha value is -2.08. The van der Waals surface area contributed by atoms with Gasteiger partial charge in [0.15, 0.2) is 0 Å². The zero-order valence-corrected chi connectivity index (χ0v) is 14.1. The maximum absolute atomic E-state index is 12.8. The standard InChI is InChI=1S/C17H18ClN3O3/c1-17-7-3-8-20(17)16(24)21(15(17)23)13-6-9-19(14(13)22)12-5-2-4-11(18)10-12/h2,4-5,10,13H,3,6-9H2,1H3/t13-,17+/m0/s1. The molecule has 3 saturated heterocycles. The van der Waals surface area contributed by atoms with Gasteiger partial charge >= 0.3 is 6.03 Å². The molecule has 7 heteroatoms. The Morgan fingerprint density at radius 3 is 2.71 bits per heavy atom. The van der Waals surface area contributed by atoms with Crippen molar-refractivity contribution in [2.45, 2.75) is 37.8 Å². The second kappa shape index (κ2) is 5.21. The van der Waals surface area contributed by atoms with E-state index in [0.717, 1.165) is 6.42 Å². The van der Waals surface area contributed by atoms with Crippen molar-refractivity contribution in [3.8, 4) is 0 Å². The molecule has 1 aromatic rings. The molecule has 3 aliphatic heterocycles. The number of carbonyl (C=O) groups excluding carboxylic acids is 3. The van der Waals surface area contributed by atoms with Gasteiger partial charge in [-0.1, -0.05) is 17.7 Å². The van der Waals surface area contributed by atoms with Crippen LogP contribution >= 0.6 is 11.6 Å². The molecule has 0 aromatic heterocycles. The van der Waals surface area contributed by atoms with Crippen LogP contribution in [0, 0.1) is 0 Å². The summed E-state index contributed by atoms with van der Waals surface area (Å²) in [6.07, 6.45) is 1.94. The Labute approximate surface area is 144 Å². The van der Waals surface area contributed by atoms with Crippen LogP contribution in [0.15, 0.2) is 24.3 Å². The van der Waals surface area contributed by atoms with Gasteiger partial charge in [0.25, 0.3) is 5.91 Å². The summed E-state index contributed by atoms with van der Waals surface area (Å²) in [7, 11) is 0. The summed E-state index contributed by atoms with van der Waals surface area (Å²) >= 11 is 6.00. The van der Waals surface area contributed by atoms with Crippen LogP contribution in [0.1, 0.15) is 26.2 Å². The van der Waals surface area contributed by atoms with E-state index in [2.05, 4.69) is 0 Å². The molecule has 0 saturated carbocycles. The minimum absolute atomic E-state index is 0.219. The molecule has 4 rings (SSSR count). The number of anilines is 1. The number of halogens is 1. The topological polar surface area (TPSA) is 60.9 Å². The van der Waals surface area contributed by atoms with Crippen molar-refractivity contribution < 1.29 is 14.4 Å². The molecule has 4 amide bonds. The highest BCUT2D eigenvalue weighted by Gasteiger charge is 2.60. The minimum Gasteiger partial charge on any atom is -0.310 e. The van der Waals surface area contributed by atoms with Crippen molar-refractivity contribution >= 4 is 35.1 Å². The monoisotopic (exact) mass is 347 g/mol. The maximum atomic E-state index is 12.8. The van der Waals surface area contributed by atoms with Crippen LogP contribution in [-0.2, 0) is 9.59 Å². The number of benzene rings is 1. The Kier molecular flexibility index (Phi) is 3.35. The van der Waals surface area contributed by atoms with Gasteiger partial charge in [0.2, 0.25) is 5.91 Å². The zero-order valence-electron chi connectivity index (χ0n) is 13.4. The van der Waals surface area contributed by atoms with Crippen LogP contribution in [0.5, 0.6) is 0 Å². The van der Waals surface area contributed by atoms with Gasteiger partial charge in [-0.2, -0.15) is 0 Å². The fourth-order valence-electron chi connectivity index (χ4n) is 4.05. The molecule has 3 heterocycles. The van der Waals surface area contributed by atoms with Crippen molar-refractivity contribution in [1.82, 2.24) is 9.80 Å². The van der Waals surface area contributed by atoms with E-state index >= 15 is 0 Å². The molecule has 0 unspecified atom stereocenters. The summed E-state index contributed by atoms with van der Waals surface area (Å²) in [5.74, 6) is -0.458. The van der Waals surface area contributed by atoms with Gasteiger partial charge in [-0.3, -0.25) is 9.59 Å². The van der Waals surface area contributed by atoms with E-state index in [1.54, 1.807) is 41.0 Å². The molecule has 0 spiro atoms. The fraction of sp³-hybridized carbons (Fsp3) is 0.471. The summed E-state index contributed by atoms with van der Waals surface area (Å²) in [6.45, 7) is 2.85. The molecule has 3 fully saturated rings. The highest BCUT2D eigenvalue weighted by Crippen LogP contribution is 2.40. The summed E-state index contributed by atoms with van der Waals surface area (Å²) in [5, 5.41) is 0.547. The lowest BCUT2D eigenvalue weighted by Crippen LogP contribution is -2.47. The fourth-order valence-corrected chi connectivity index (χ4v) is 4.23. The van der Waals surface area contributed by atoms with Gasteiger partial charge in [0, 0.05) is 23.8 Å². The third-order valence-corrected chi connectivity index (χ3v) is 5.60. The first-order chi connectivity index (χ1) is 11.4. The van der Waals surface area contributed by atoms with Crippen molar-refractivity contribution in [1.29, 1.82) is 0 Å². The van der Waals surface area contributed by atoms with E-state index in [4.69, 9.17) is 11.6 Å². The van der Waals surface area contributed by atoms with Crippen LogP contribution in [0.25, 0.3) is 0 Å². The summed E-state index contributed by atoms with van der Waals surface area (Å²) in [6, 6.07) is 6.00. The number of rotatable bonds is 2. The van der Waals surface area contributed by atoms with Crippen LogP contribution in [-0.4, -0.2) is 52.3 Å². The Balaban J connectivity index is 1.61. The number of urea groups is 1. The molecule has 6 nitrogen and oxygen atoms in total. The van der Waals surface area contributed by atoms with E-state index in [1.165, 1.54) is 4.90 Å². The Morgan fingerprint density at radius 2 is 2.00 bits per heavy atom. The molecule has 0 aliphatic carbocycles. The molecule has 0 bridgehead atoms. The largest absolute Gasteiger partial charge is 0.328 e. The number of imide groups is 1. The van der Waals surface area contributed by atoms with Crippen molar-refractivity contribution in [3.05, 3.63) is 29.3 Å². The van der Waals surface area contributed by atoms with Gasteiger partial charge < -0.3 is 9.80 Å². The minimum atomic E-state index is -0.777. The molecule has 2 atom stereocenters. The SMILES string of the molecule is C[C@]12CCCN1C(=O)N([C@H]1CCN(c3cccc(Cl)c3)C1=O)C2=O. The lowest BCUT2D eigenvalue weighted by molar-refractivity contribution is -0.136. The second-order valence-corrected chi connectivity index (χ2v) is 7.20. The first kappa shape index (κ1) is 15.4. The van der Waals surface area contributed by atoms with Gasteiger partial charge in [0.05, 0.1) is 0 Å². The molecule has 126 valence electrons. The average molecular weight is 348 g/mol. The Morgan fingerprint density at radius 1 is 1.21 bits per heavy atom. The van der Waals surface area contributed by atoms with Crippen molar-refractivity contribution in [2.75, 3.05) is 18.0 Å². The number of carbonyl (C=O) groups is 3. The summed E-state index contributed by atoms with van der Waals surface area (Å²) in [4.78, 5) is 42.7. The molecule has 0 radical (unpaired) electrons. The van der Waals surface area contributed by atoms with E-state index in [1.807, 2.05) is 0 Å². The first-order valence-electron chi connectivity index (χ1n) is 8.16. The molecular weight excluding hydrogens is 330 g/mol. The van der Waals surface area contributed by atoms with E-state index in [0.29, 0.717) is 36.6 Å². The number of amides is 4. The lowest BCUT2D eigenvalue weighted by Gasteiger charge is -2.23. The van der Waals surface area contributed by atoms with Crippen LogP contribution < -0.4 is 4.90 Å². The molecule has 1 aromatic carbocycles. The molecule has 3 aliphatic rings. The van der Waals surface area contributed by atoms with E-state index in [-0.39, 0.29) is 17.8 Å². The number of hydrogen-bond donors (Lipinski definition) is 0. The summed E-state index contributed by atoms with van der Waals surface area (Å²) in [5.41, 5.74) is -0.0818. The smallest absolute Gasteiger partial charge is 0.310 e. The van der Waals surface area contributed by atoms with Gasteiger partial charge in [-0.15, -0.1) is 0 Å². The van der Waals surface area contributed by atoms with Crippen LogP contribution in [0.3, 0.4) is 0 Å². The second-order valence-electron chi connectivity index (χ2n) is 6.76. The number of fused-ring (bicyclic) bond motifs is 1. The average Bonchev–Trinajstić information content (AvgIpc) is 3.16. The molecule has 24 heavy (non-hydrogen) atoms. The third-order valence-electron chi connectivity index (χ3n) is 5.37. The Bertz CT molecular complexity index is 752. The highest BCUT2D eigenvalue weighted by atomic mass is 35.5. The maximum Gasteiger partial charge on any atom is 0.328 e. The van der Waals surface area contributed by atoms with Gasteiger partial charge in [-0.25, -0.2) is 9.69 Å². The molecular formula is C17H18ClN3O3. The van der Waals surface area contributed by atoms with Crippen LogP contribution in [0.2, 0.25) is 5.02 Å². The molecule has 0 N–H and O–H groups in total. The zero-order chi connectivity index (χ0) is 17.1. The van der Waals surface area contributed by atoms with Crippen molar-refractivity contribution in [3.63, 3.8) is 0 Å². The number of hydrogen-bond acceptors (Lipinski definition) is 3. The quantitative estimate of drug-likeness (QED) is 0.771. The van der Waals surface area contributed by atoms with E-state index < -0.39 is 11.6 Å². The normalized spacial score (nSPS) is 29.8. The number of nitrogens with zero attached hydrogens (tertiary/aromatic N) is 3. The van der Waals surface area contributed by atoms with Crippen molar-refractivity contribution in [2.24, 2.45) is 0 Å². The first-order valence-corrected chi connectivity index (χ1v) is 8.53. The predicted molar refractivity (Wildman–Crippen MR) is 88.8 cm³/mol. The van der Waals surface area contributed by atoms with Gasteiger partial charge in [0.1, 0.15) is 11.6 Å². The van der Waals surface area contributed by atoms with E-state index in [9.17, 15) is 14.4 Å². The third kappa shape index (κ3) is 1.99. The lowest BCUT2D eigenvalue weighted by atomic mass is 9.99.